The third kappa shape index (κ3) is 2.34. The Morgan fingerprint density at radius 1 is 0.654 bits per heavy atom. The summed E-state index contributed by atoms with van der Waals surface area (Å²) in [5.41, 5.74) is 3.10. The summed E-state index contributed by atoms with van der Waals surface area (Å²) in [4.78, 5) is 0. The summed E-state index contributed by atoms with van der Waals surface area (Å²) < 4.78 is 4.35. The van der Waals surface area contributed by atoms with Gasteiger partial charge in [0.25, 0.3) is 0 Å². The maximum atomic E-state index is 6.55. The van der Waals surface area contributed by atoms with E-state index in [2.05, 4.69) is 63.9 Å². The van der Waals surface area contributed by atoms with Crippen molar-refractivity contribution in [3.63, 3.8) is 0 Å². The summed E-state index contributed by atoms with van der Waals surface area (Å²) in [7, 11) is 0. The van der Waals surface area contributed by atoms with Gasteiger partial charge in [0, 0.05) is 16.6 Å². The Hall–Kier alpha value is -2.68. The van der Waals surface area contributed by atoms with Gasteiger partial charge >= 0.3 is 0 Å². The smallest absolute Gasteiger partial charge is 0.123 e. The monoisotopic (exact) mass is 376 g/mol. The van der Waals surface area contributed by atoms with E-state index in [4.69, 9.17) is 23.2 Å². The molecule has 4 heteroatoms. The normalized spacial score (nSPS) is 11.5. The van der Waals surface area contributed by atoms with Crippen LogP contribution in [0.25, 0.3) is 33.3 Å². The van der Waals surface area contributed by atoms with Crippen molar-refractivity contribution in [2.45, 2.75) is 0 Å². The molecule has 0 radical (unpaired) electrons. The standard InChI is InChI=1S/C22H14Cl2N2/c23-17-9-10-18(24)21(14-17)26-20-8-4-2-6-16(20)13-22(26)25-12-11-15-5-1-3-7-19(15)25/h1-14H. The first-order chi connectivity index (χ1) is 12.7. The summed E-state index contributed by atoms with van der Waals surface area (Å²) in [6, 6.07) is 26.5. The Morgan fingerprint density at radius 2 is 1.38 bits per heavy atom. The highest BCUT2D eigenvalue weighted by atomic mass is 35.5. The third-order valence-corrected chi connectivity index (χ3v) is 5.24. The Labute approximate surface area is 160 Å². The van der Waals surface area contributed by atoms with Gasteiger partial charge in [-0.1, -0.05) is 59.6 Å². The minimum absolute atomic E-state index is 0.658. The van der Waals surface area contributed by atoms with Gasteiger partial charge < -0.3 is 4.57 Å². The molecule has 2 heterocycles. The molecule has 3 aromatic carbocycles. The molecule has 0 aliphatic carbocycles. The number of fused-ring (bicyclic) bond motifs is 2. The molecule has 2 nitrogen and oxygen atoms in total. The van der Waals surface area contributed by atoms with Crippen molar-refractivity contribution in [3.05, 3.63) is 95.1 Å². The van der Waals surface area contributed by atoms with Gasteiger partial charge in [0.2, 0.25) is 0 Å². The number of nitrogens with zero attached hydrogens (tertiary/aromatic N) is 2. The summed E-state index contributed by atoms with van der Waals surface area (Å²) in [5.74, 6) is 1.02. The molecule has 0 fully saturated rings. The van der Waals surface area contributed by atoms with E-state index in [0.717, 1.165) is 27.9 Å². The zero-order valence-corrected chi connectivity index (χ0v) is 15.2. The lowest BCUT2D eigenvalue weighted by molar-refractivity contribution is 0.978. The van der Waals surface area contributed by atoms with Crippen LogP contribution in [0.15, 0.2) is 85.1 Å². The summed E-state index contributed by atoms with van der Waals surface area (Å²) in [6.07, 6.45) is 2.09. The molecular formula is C22H14Cl2N2. The average molecular weight is 377 g/mol. The van der Waals surface area contributed by atoms with E-state index < -0.39 is 0 Å². The molecule has 0 saturated carbocycles. The number of aromatic nitrogens is 2. The lowest BCUT2D eigenvalue weighted by Gasteiger charge is -2.14. The van der Waals surface area contributed by atoms with Crippen LogP contribution in [0.2, 0.25) is 10.0 Å². The van der Waals surface area contributed by atoms with Crippen LogP contribution in [0.4, 0.5) is 0 Å². The lowest BCUT2D eigenvalue weighted by atomic mass is 10.2. The molecule has 2 aromatic heterocycles. The van der Waals surface area contributed by atoms with Crippen molar-refractivity contribution < 1.29 is 0 Å². The first-order valence-electron chi connectivity index (χ1n) is 8.35. The van der Waals surface area contributed by atoms with Crippen LogP contribution >= 0.6 is 23.2 Å². The van der Waals surface area contributed by atoms with Crippen LogP contribution in [0.3, 0.4) is 0 Å². The number of halogens is 2. The van der Waals surface area contributed by atoms with Crippen LogP contribution in [0.1, 0.15) is 0 Å². The lowest BCUT2D eigenvalue weighted by Crippen LogP contribution is -2.03. The zero-order chi connectivity index (χ0) is 17.7. The van der Waals surface area contributed by atoms with Gasteiger partial charge in [0.15, 0.2) is 0 Å². The molecule has 0 amide bonds. The number of para-hydroxylation sites is 2. The van der Waals surface area contributed by atoms with Gasteiger partial charge in [-0.25, -0.2) is 0 Å². The Balaban J connectivity index is 1.91. The molecule has 0 saturated heterocycles. The quantitative estimate of drug-likeness (QED) is 0.317. The summed E-state index contributed by atoms with van der Waals surface area (Å²) in [6.45, 7) is 0. The maximum Gasteiger partial charge on any atom is 0.123 e. The van der Waals surface area contributed by atoms with Gasteiger partial charge in [-0.3, -0.25) is 4.57 Å². The minimum Gasteiger partial charge on any atom is -0.302 e. The second kappa shape index (κ2) is 5.94. The molecule has 0 N–H and O–H groups in total. The van der Waals surface area contributed by atoms with Gasteiger partial charge in [-0.2, -0.15) is 0 Å². The second-order valence-electron chi connectivity index (χ2n) is 6.24. The van der Waals surface area contributed by atoms with E-state index in [1.165, 1.54) is 5.39 Å². The molecule has 26 heavy (non-hydrogen) atoms. The minimum atomic E-state index is 0.658. The van der Waals surface area contributed by atoms with Crippen LogP contribution in [-0.4, -0.2) is 9.13 Å². The zero-order valence-electron chi connectivity index (χ0n) is 13.7. The number of hydrogen-bond donors (Lipinski definition) is 0. The van der Waals surface area contributed by atoms with E-state index in [0.29, 0.717) is 10.0 Å². The molecule has 5 aromatic rings. The largest absolute Gasteiger partial charge is 0.302 e. The van der Waals surface area contributed by atoms with Crippen LogP contribution < -0.4 is 0 Å². The fraction of sp³-hybridized carbons (Fsp3) is 0. The third-order valence-electron chi connectivity index (χ3n) is 4.69. The van der Waals surface area contributed by atoms with Gasteiger partial charge in [-0.15, -0.1) is 0 Å². The van der Waals surface area contributed by atoms with Crippen LogP contribution in [-0.2, 0) is 0 Å². The highest BCUT2D eigenvalue weighted by molar-refractivity contribution is 6.34. The van der Waals surface area contributed by atoms with Crippen LogP contribution in [0, 0.1) is 0 Å². The molecule has 0 aliphatic rings. The van der Waals surface area contributed by atoms with Crippen molar-refractivity contribution in [2.24, 2.45) is 0 Å². The number of rotatable bonds is 2. The van der Waals surface area contributed by atoms with E-state index in [1.807, 2.05) is 30.3 Å². The first-order valence-corrected chi connectivity index (χ1v) is 9.10. The fourth-order valence-electron chi connectivity index (χ4n) is 3.51. The van der Waals surface area contributed by atoms with E-state index >= 15 is 0 Å². The molecule has 0 spiro atoms. The average Bonchev–Trinajstić information content (AvgIpc) is 3.25. The molecule has 0 bridgehead atoms. The van der Waals surface area contributed by atoms with Crippen molar-refractivity contribution in [2.75, 3.05) is 0 Å². The summed E-state index contributed by atoms with van der Waals surface area (Å²) >= 11 is 12.8. The predicted molar refractivity (Wildman–Crippen MR) is 110 cm³/mol. The molecule has 0 unspecified atom stereocenters. The molecular weight excluding hydrogens is 363 g/mol. The highest BCUT2D eigenvalue weighted by Gasteiger charge is 2.16. The maximum absolute atomic E-state index is 6.55. The van der Waals surface area contributed by atoms with Crippen molar-refractivity contribution >= 4 is 45.0 Å². The van der Waals surface area contributed by atoms with E-state index in [-0.39, 0.29) is 0 Å². The van der Waals surface area contributed by atoms with Crippen molar-refractivity contribution in [1.29, 1.82) is 0 Å². The van der Waals surface area contributed by atoms with Gasteiger partial charge in [0.1, 0.15) is 5.82 Å². The van der Waals surface area contributed by atoms with E-state index in [9.17, 15) is 0 Å². The summed E-state index contributed by atoms with van der Waals surface area (Å²) in [5, 5.41) is 3.66. The second-order valence-corrected chi connectivity index (χ2v) is 7.08. The molecule has 126 valence electrons. The Bertz CT molecular complexity index is 1260. The van der Waals surface area contributed by atoms with Gasteiger partial charge in [-0.05, 0) is 47.9 Å². The molecule has 5 rings (SSSR count). The van der Waals surface area contributed by atoms with Crippen LogP contribution in [0.5, 0.6) is 0 Å². The van der Waals surface area contributed by atoms with Crippen molar-refractivity contribution in [1.82, 2.24) is 9.13 Å². The van der Waals surface area contributed by atoms with Gasteiger partial charge in [0.05, 0.1) is 21.7 Å². The number of hydrogen-bond acceptors (Lipinski definition) is 0. The Kier molecular flexibility index (Phi) is 3.56. The predicted octanol–water partition coefficient (Wildman–Crippen LogP) is 6.88. The SMILES string of the molecule is Clc1ccc(Cl)c(-n2c(-n3ccc4ccccc43)cc3ccccc32)c1. The topological polar surface area (TPSA) is 9.86 Å². The highest BCUT2D eigenvalue weighted by Crippen LogP contribution is 2.33. The molecule has 0 aliphatic heterocycles. The first kappa shape index (κ1) is 15.6. The van der Waals surface area contributed by atoms with E-state index in [1.54, 1.807) is 0 Å². The van der Waals surface area contributed by atoms with Crippen molar-refractivity contribution in [3.8, 4) is 11.5 Å². The fourth-order valence-corrected chi connectivity index (χ4v) is 3.88. The Morgan fingerprint density at radius 3 is 2.23 bits per heavy atom. The molecule has 0 atom stereocenters. The number of benzene rings is 3.